The van der Waals surface area contributed by atoms with Gasteiger partial charge in [-0.2, -0.15) is 0 Å². The van der Waals surface area contributed by atoms with Gasteiger partial charge in [-0.05, 0) is 52.0 Å². The molecule has 0 unspecified atom stereocenters. The summed E-state index contributed by atoms with van der Waals surface area (Å²) in [5.74, 6) is 0.164. The van der Waals surface area contributed by atoms with E-state index in [1.807, 2.05) is 32.1 Å². The number of unbranched alkanes of at least 4 members (excludes halogenated alkanes) is 4. The predicted molar refractivity (Wildman–Crippen MR) is 108 cm³/mol. The monoisotopic (exact) mass is 358 g/mol. The van der Waals surface area contributed by atoms with Crippen molar-refractivity contribution in [2.24, 2.45) is 5.92 Å². The van der Waals surface area contributed by atoms with Gasteiger partial charge >= 0.3 is 5.97 Å². The molecule has 26 heavy (non-hydrogen) atoms. The van der Waals surface area contributed by atoms with Gasteiger partial charge in [-0.25, -0.2) is 0 Å². The van der Waals surface area contributed by atoms with Crippen LogP contribution in [0.5, 0.6) is 0 Å². The highest BCUT2D eigenvalue weighted by molar-refractivity contribution is 6.07. The van der Waals surface area contributed by atoms with Crippen molar-refractivity contribution in [3.8, 4) is 0 Å². The van der Waals surface area contributed by atoms with Crippen LogP contribution in [0.15, 0.2) is 48.1 Å². The number of ketones is 1. The van der Waals surface area contributed by atoms with Gasteiger partial charge in [0.25, 0.3) is 0 Å². The number of carbonyl (C=O) groups is 2. The third-order valence-corrected chi connectivity index (χ3v) is 4.23. The summed E-state index contributed by atoms with van der Waals surface area (Å²) in [6.45, 7) is 5.92. The van der Waals surface area contributed by atoms with E-state index in [4.69, 9.17) is 4.74 Å². The van der Waals surface area contributed by atoms with Crippen LogP contribution >= 0.6 is 0 Å². The average Bonchev–Trinajstić information content (AvgIpc) is 2.93. The van der Waals surface area contributed by atoms with Crippen molar-refractivity contribution in [3.05, 3.63) is 48.1 Å². The fraction of sp³-hybridized carbons (Fsp3) is 0.565. The van der Waals surface area contributed by atoms with Gasteiger partial charge in [-0.3, -0.25) is 9.59 Å². The summed E-state index contributed by atoms with van der Waals surface area (Å²) in [6.07, 6.45) is 21.7. The Balaban J connectivity index is 2.32. The third kappa shape index (κ3) is 9.55. The maximum Gasteiger partial charge on any atom is 0.306 e. The SMILES string of the molecule is CCCCC/C=C/C=C1/C(=O)C=C[C@@H]1C/C=C/CCCC(=O)OC(C)C. The molecule has 0 aliphatic heterocycles. The van der Waals surface area contributed by atoms with Gasteiger partial charge in [0.1, 0.15) is 0 Å². The lowest BCUT2D eigenvalue weighted by molar-refractivity contribution is -0.147. The molecule has 0 aromatic carbocycles. The van der Waals surface area contributed by atoms with Crippen molar-refractivity contribution in [3.63, 3.8) is 0 Å². The van der Waals surface area contributed by atoms with Crippen LogP contribution in [-0.4, -0.2) is 17.9 Å². The first-order valence-corrected chi connectivity index (χ1v) is 9.98. The van der Waals surface area contributed by atoms with Crippen LogP contribution in [0.1, 0.15) is 72.1 Å². The van der Waals surface area contributed by atoms with Gasteiger partial charge in [0.2, 0.25) is 0 Å². The van der Waals surface area contributed by atoms with Crippen molar-refractivity contribution in [1.82, 2.24) is 0 Å². The fourth-order valence-corrected chi connectivity index (χ4v) is 2.82. The molecule has 144 valence electrons. The lowest BCUT2D eigenvalue weighted by atomic mass is 9.97. The maximum absolute atomic E-state index is 12.0. The molecule has 0 bridgehead atoms. The Morgan fingerprint density at radius 3 is 2.65 bits per heavy atom. The number of hydrogen-bond acceptors (Lipinski definition) is 3. The molecule has 0 heterocycles. The van der Waals surface area contributed by atoms with Crippen molar-refractivity contribution >= 4 is 11.8 Å². The van der Waals surface area contributed by atoms with Gasteiger partial charge in [0.15, 0.2) is 5.78 Å². The first-order chi connectivity index (χ1) is 12.5. The Bertz CT molecular complexity index is 550. The third-order valence-electron chi connectivity index (χ3n) is 4.23. The van der Waals surface area contributed by atoms with E-state index in [0.717, 1.165) is 31.3 Å². The predicted octanol–water partition coefficient (Wildman–Crippen LogP) is 5.87. The highest BCUT2D eigenvalue weighted by Crippen LogP contribution is 2.25. The second kappa shape index (κ2) is 13.3. The number of hydrogen-bond donors (Lipinski definition) is 0. The largest absolute Gasteiger partial charge is 0.463 e. The molecule has 0 spiro atoms. The Labute approximate surface area is 158 Å². The molecular formula is C23H34O3. The van der Waals surface area contributed by atoms with Crippen LogP contribution in [0.4, 0.5) is 0 Å². The molecule has 0 radical (unpaired) electrons. The molecule has 0 aromatic rings. The number of allylic oxidation sites excluding steroid dienone is 8. The highest BCUT2D eigenvalue weighted by Gasteiger charge is 2.20. The number of esters is 1. The van der Waals surface area contributed by atoms with E-state index in [1.165, 1.54) is 19.3 Å². The second-order valence-corrected chi connectivity index (χ2v) is 7.01. The molecule has 0 saturated heterocycles. The Morgan fingerprint density at radius 2 is 1.92 bits per heavy atom. The molecule has 1 aliphatic rings. The molecule has 0 fully saturated rings. The van der Waals surface area contributed by atoms with Gasteiger partial charge in [0, 0.05) is 17.9 Å². The zero-order chi connectivity index (χ0) is 19.2. The molecule has 3 heteroatoms. The number of carbonyl (C=O) groups excluding carboxylic acids is 2. The highest BCUT2D eigenvalue weighted by atomic mass is 16.5. The number of rotatable bonds is 12. The Morgan fingerprint density at radius 1 is 1.15 bits per heavy atom. The molecular weight excluding hydrogens is 324 g/mol. The van der Waals surface area contributed by atoms with Crippen molar-refractivity contribution in [2.45, 2.75) is 78.2 Å². The first-order valence-electron chi connectivity index (χ1n) is 9.98. The summed E-state index contributed by atoms with van der Waals surface area (Å²) in [4.78, 5) is 23.4. The normalized spacial score (nSPS) is 18.8. The smallest absolute Gasteiger partial charge is 0.306 e. The van der Waals surface area contributed by atoms with E-state index in [9.17, 15) is 9.59 Å². The van der Waals surface area contributed by atoms with Crippen LogP contribution in [0, 0.1) is 5.92 Å². The molecule has 0 saturated carbocycles. The summed E-state index contributed by atoms with van der Waals surface area (Å²) in [5, 5.41) is 0. The van der Waals surface area contributed by atoms with Crippen LogP contribution in [0.25, 0.3) is 0 Å². The molecule has 3 nitrogen and oxygen atoms in total. The summed E-state index contributed by atoms with van der Waals surface area (Å²) >= 11 is 0. The van der Waals surface area contributed by atoms with Crippen LogP contribution < -0.4 is 0 Å². The number of ether oxygens (including phenoxy) is 1. The summed E-state index contributed by atoms with van der Waals surface area (Å²) in [7, 11) is 0. The van der Waals surface area contributed by atoms with E-state index in [-0.39, 0.29) is 23.8 Å². The van der Waals surface area contributed by atoms with E-state index in [2.05, 4.69) is 25.2 Å². The van der Waals surface area contributed by atoms with E-state index in [0.29, 0.717) is 6.42 Å². The van der Waals surface area contributed by atoms with Crippen LogP contribution in [-0.2, 0) is 14.3 Å². The molecule has 0 N–H and O–H groups in total. The quantitative estimate of drug-likeness (QED) is 0.189. The fourth-order valence-electron chi connectivity index (χ4n) is 2.82. The van der Waals surface area contributed by atoms with Gasteiger partial charge < -0.3 is 4.74 Å². The zero-order valence-corrected chi connectivity index (χ0v) is 16.6. The van der Waals surface area contributed by atoms with Crippen molar-refractivity contribution in [1.29, 1.82) is 0 Å². The lowest BCUT2D eigenvalue weighted by Gasteiger charge is -2.07. The lowest BCUT2D eigenvalue weighted by Crippen LogP contribution is -2.10. The topological polar surface area (TPSA) is 43.4 Å². The minimum absolute atomic E-state index is 0.0457. The Hall–Kier alpha value is -1.90. The Kier molecular flexibility index (Phi) is 11.3. The molecule has 0 aromatic heterocycles. The van der Waals surface area contributed by atoms with Crippen LogP contribution in [0.2, 0.25) is 0 Å². The van der Waals surface area contributed by atoms with E-state index < -0.39 is 0 Å². The minimum atomic E-state index is -0.131. The van der Waals surface area contributed by atoms with E-state index >= 15 is 0 Å². The van der Waals surface area contributed by atoms with Gasteiger partial charge in [0.05, 0.1) is 6.10 Å². The van der Waals surface area contributed by atoms with Crippen LogP contribution in [0.3, 0.4) is 0 Å². The standard InChI is InChI=1S/C23H34O3/c1-4-5-6-7-8-12-15-21-20(17-18-22(21)24)14-11-9-10-13-16-23(25)26-19(2)3/h8-9,11-12,15,17-20H,4-7,10,13-14,16H2,1-3H3/b11-9+,12-8+,21-15+/t20-/m0/s1. The maximum atomic E-state index is 12.0. The first kappa shape index (κ1) is 22.1. The van der Waals surface area contributed by atoms with E-state index in [1.54, 1.807) is 6.08 Å². The van der Waals surface area contributed by atoms with Gasteiger partial charge in [-0.1, -0.05) is 56.2 Å². The minimum Gasteiger partial charge on any atom is -0.463 e. The van der Waals surface area contributed by atoms with Crippen molar-refractivity contribution in [2.75, 3.05) is 0 Å². The van der Waals surface area contributed by atoms with Gasteiger partial charge in [-0.15, -0.1) is 0 Å². The molecule has 0 amide bonds. The summed E-state index contributed by atoms with van der Waals surface area (Å²) in [5.41, 5.74) is 0.877. The summed E-state index contributed by atoms with van der Waals surface area (Å²) < 4.78 is 5.11. The van der Waals surface area contributed by atoms with Crippen molar-refractivity contribution < 1.29 is 14.3 Å². The molecule has 1 aliphatic carbocycles. The molecule has 1 atom stereocenters. The second-order valence-electron chi connectivity index (χ2n) is 7.01. The summed E-state index contributed by atoms with van der Waals surface area (Å²) in [6, 6.07) is 0. The zero-order valence-electron chi connectivity index (χ0n) is 16.6. The molecule has 1 rings (SSSR count). The average molecular weight is 359 g/mol.